The van der Waals surface area contributed by atoms with Crippen LogP contribution in [0.1, 0.15) is 23.4 Å². The highest BCUT2D eigenvalue weighted by Crippen LogP contribution is 2.21. The summed E-state index contributed by atoms with van der Waals surface area (Å²) in [6, 6.07) is 16.7. The lowest BCUT2D eigenvalue weighted by molar-refractivity contribution is 0.439. The van der Waals surface area contributed by atoms with E-state index in [2.05, 4.69) is 56.6 Å². The Morgan fingerprint density at radius 1 is 1.17 bits per heavy atom. The van der Waals surface area contributed by atoms with E-state index in [1.165, 1.54) is 11.1 Å². The monoisotopic (exact) mass is 320 g/mol. The van der Waals surface area contributed by atoms with E-state index in [9.17, 15) is 0 Å². The predicted molar refractivity (Wildman–Crippen MR) is 99.8 cm³/mol. The second-order valence-corrected chi connectivity index (χ2v) is 5.96. The summed E-state index contributed by atoms with van der Waals surface area (Å²) in [6.45, 7) is 4.56. The molecule has 0 saturated carbocycles. The van der Waals surface area contributed by atoms with Gasteiger partial charge in [-0.15, -0.1) is 0 Å². The minimum atomic E-state index is 0.695. The van der Waals surface area contributed by atoms with E-state index in [0.717, 1.165) is 36.9 Å². The number of benzene rings is 1. The molecule has 0 bridgehead atoms. The van der Waals surface area contributed by atoms with Gasteiger partial charge in [0.05, 0.1) is 12.2 Å². The maximum Gasteiger partial charge on any atom is 0.194 e. The fraction of sp³-hybridized carbons (Fsp3) is 0.300. The molecule has 0 aliphatic carbocycles. The van der Waals surface area contributed by atoms with Gasteiger partial charge in [-0.3, -0.25) is 9.98 Å². The molecule has 1 aliphatic heterocycles. The van der Waals surface area contributed by atoms with Crippen LogP contribution in [-0.4, -0.2) is 36.0 Å². The summed E-state index contributed by atoms with van der Waals surface area (Å²) in [5, 5.41) is 3.42. The Morgan fingerprint density at radius 3 is 2.67 bits per heavy atom. The van der Waals surface area contributed by atoms with Crippen LogP contribution in [0.2, 0.25) is 0 Å². The van der Waals surface area contributed by atoms with Gasteiger partial charge in [0.1, 0.15) is 0 Å². The molecule has 124 valence electrons. The van der Waals surface area contributed by atoms with E-state index in [1.807, 2.05) is 32.2 Å². The molecule has 0 fully saturated rings. The highest BCUT2D eigenvalue weighted by molar-refractivity contribution is 5.81. The summed E-state index contributed by atoms with van der Waals surface area (Å²) in [5.74, 6) is 0.932. The van der Waals surface area contributed by atoms with Crippen molar-refractivity contribution in [2.45, 2.75) is 19.9 Å². The number of rotatable bonds is 3. The van der Waals surface area contributed by atoms with Crippen molar-refractivity contribution in [2.24, 2.45) is 4.99 Å². The van der Waals surface area contributed by atoms with E-state index in [0.29, 0.717) is 6.54 Å². The first-order chi connectivity index (χ1) is 11.8. The Bertz CT molecular complexity index is 734. The van der Waals surface area contributed by atoms with Gasteiger partial charge >= 0.3 is 0 Å². The molecule has 0 spiro atoms. The minimum absolute atomic E-state index is 0.695. The average Bonchev–Trinajstić information content (AvgIpc) is 2.64. The zero-order valence-corrected chi connectivity index (χ0v) is 14.4. The molecule has 0 saturated heterocycles. The van der Waals surface area contributed by atoms with E-state index in [1.54, 1.807) is 0 Å². The molecule has 24 heavy (non-hydrogen) atoms. The molecule has 0 radical (unpaired) electrons. The van der Waals surface area contributed by atoms with Crippen LogP contribution < -0.4 is 5.32 Å². The molecule has 1 aromatic heterocycles. The summed E-state index contributed by atoms with van der Waals surface area (Å²) < 4.78 is 0. The second kappa shape index (κ2) is 7.77. The van der Waals surface area contributed by atoms with Crippen molar-refractivity contribution in [1.82, 2.24) is 15.2 Å². The molecule has 2 heterocycles. The topological polar surface area (TPSA) is 40.5 Å². The van der Waals surface area contributed by atoms with Gasteiger partial charge in [0.15, 0.2) is 5.96 Å². The standard InChI is InChI=1S/C20H24N4/c1-16-7-6-10-19(23-16)15-22-20(21-2)24-13-11-18(12-14-24)17-8-4-3-5-9-17/h3-11H,12-15H2,1-2H3,(H,21,22). The first-order valence-electron chi connectivity index (χ1n) is 8.39. The number of hydrogen-bond donors (Lipinski definition) is 1. The third-order valence-corrected chi connectivity index (χ3v) is 4.24. The molecule has 0 unspecified atom stereocenters. The molecule has 1 aromatic carbocycles. The fourth-order valence-corrected chi connectivity index (χ4v) is 2.98. The van der Waals surface area contributed by atoms with Gasteiger partial charge in [0.25, 0.3) is 0 Å². The SMILES string of the molecule is CN=C(NCc1cccc(C)n1)N1CC=C(c2ccccc2)CC1. The number of nitrogens with zero attached hydrogens (tertiary/aromatic N) is 3. The third-order valence-electron chi connectivity index (χ3n) is 4.24. The summed E-state index contributed by atoms with van der Waals surface area (Å²) in [7, 11) is 1.84. The number of guanidine groups is 1. The van der Waals surface area contributed by atoms with Gasteiger partial charge in [-0.2, -0.15) is 0 Å². The number of nitrogens with one attached hydrogen (secondary N) is 1. The van der Waals surface area contributed by atoms with Crippen LogP contribution >= 0.6 is 0 Å². The number of hydrogen-bond acceptors (Lipinski definition) is 2. The van der Waals surface area contributed by atoms with Crippen LogP contribution in [0.15, 0.2) is 59.6 Å². The largest absolute Gasteiger partial charge is 0.351 e. The number of aryl methyl sites for hydroxylation is 1. The van der Waals surface area contributed by atoms with Gasteiger partial charge in [-0.05, 0) is 36.6 Å². The van der Waals surface area contributed by atoms with Crippen LogP contribution in [0, 0.1) is 6.92 Å². The minimum Gasteiger partial charge on any atom is -0.351 e. The molecule has 4 heteroatoms. The van der Waals surface area contributed by atoms with Crippen molar-refractivity contribution in [1.29, 1.82) is 0 Å². The van der Waals surface area contributed by atoms with Crippen LogP contribution in [0.5, 0.6) is 0 Å². The number of aliphatic imine (C=N–C) groups is 1. The lowest BCUT2D eigenvalue weighted by Gasteiger charge is -2.29. The van der Waals surface area contributed by atoms with Gasteiger partial charge in [0, 0.05) is 25.8 Å². The van der Waals surface area contributed by atoms with Crippen molar-refractivity contribution in [3.8, 4) is 0 Å². The summed E-state index contributed by atoms with van der Waals surface area (Å²) >= 11 is 0. The summed E-state index contributed by atoms with van der Waals surface area (Å²) in [6.07, 6.45) is 3.34. The Labute approximate surface area is 144 Å². The zero-order chi connectivity index (χ0) is 16.8. The van der Waals surface area contributed by atoms with Crippen LogP contribution in [-0.2, 0) is 6.54 Å². The lowest BCUT2D eigenvalue weighted by atomic mass is 10.00. The van der Waals surface area contributed by atoms with Crippen LogP contribution in [0.25, 0.3) is 5.57 Å². The van der Waals surface area contributed by atoms with Crippen LogP contribution in [0.3, 0.4) is 0 Å². The normalized spacial score (nSPS) is 15.2. The molecule has 0 atom stereocenters. The summed E-state index contributed by atoms with van der Waals surface area (Å²) in [4.78, 5) is 11.2. The van der Waals surface area contributed by atoms with Gasteiger partial charge < -0.3 is 10.2 Å². The lowest BCUT2D eigenvalue weighted by Crippen LogP contribution is -2.43. The van der Waals surface area contributed by atoms with Crippen molar-refractivity contribution in [3.05, 3.63) is 71.6 Å². The van der Waals surface area contributed by atoms with Gasteiger partial charge in [0.2, 0.25) is 0 Å². The number of aromatic nitrogens is 1. The van der Waals surface area contributed by atoms with Crippen molar-refractivity contribution in [3.63, 3.8) is 0 Å². The maximum absolute atomic E-state index is 4.53. The average molecular weight is 320 g/mol. The number of pyridine rings is 1. The Kier molecular flexibility index (Phi) is 5.26. The molecule has 2 aromatic rings. The third kappa shape index (κ3) is 4.02. The van der Waals surface area contributed by atoms with E-state index >= 15 is 0 Å². The fourth-order valence-electron chi connectivity index (χ4n) is 2.98. The maximum atomic E-state index is 4.53. The van der Waals surface area contributed by atoms with Crippen molar-refractivity contribution < 1.29 is 0 Å². The first kappa shape index (κ1) is 16.2. The zero-order valence-electron chi connectivity index (χ0n) is 14.4. The second-order valence-electron chi connectivity index (χ2n) is 5.96. The van der Waals surface area contributed by atoms with Crippen molar-refractivity contribution in [2.75, 3.05) is 20.1 Å². The molecule has 0 amide bonds. The highest BCUT2D eigenvalue weighted by Gasteiger charge is 2.16. The molecule has 4 nitrogen and oxygen atoms in total. The molecule has 1 N–H and O–H groups in total. The summed E-state index contributed by atoms with van der Waals surface area (Å²) in [5.41, 5.74) is 4.82. The molecular weight excluding hydrogens is 296 g/mol. The quantitative estimate of drug-likeness (QED) is 0.697. The van der Waals surface area contributed by atoms with E-state index in [4.69, 9.17) is 0 Å². The molecule has 3 rings (SSSR count). The van der Waals surface area contributed by atoms with Gasteiger partial charge in [-0.25, -0.2) is 0 Å². The van der Waals surface area contributed by atoms with E-state index in [-0.39, 0.29) is 0 Å². The van der Waals surface area contributed by atoms with E-state index < -0.39 is 0 Å². The molecule has 1 aliphatic rings. The Balaban J connectivity index is 1.60. The van der Waals surface area contributed by atoms with Gasteiger partial charge in [-0.1, -0.05) is 42.5 Å². The first-order valence-corrected chi connectivity index (χ1v) is 8.39. The highest BCUT2D eigenvalue weighted by atomic mass is 15.3. The van der Waals surface area contributed by atoms with Crippen LogP contribution in [0.4, 0.5) is 0 Å². The Hall–Kier alpha value is -2.62. The smallest absolute Gasteiger partial charge is 0.194 e. The predicted octanol–water partition coefficient (Wildman–Crippen LogP) is 3.25. The Morgan fingerprint density at radius 2 is 2.00 bits per heavy atom. The van der Waals surface area contributed by atoms with Crippen molar-refractivity contribution >= 4 is 11.5 Å². The molecular formula is C20H24N4.